The van der Waals surface area contributed by atoms with Gasteiger partial charge in [-0.1, -0.05) is 54.6 Å². The zero-order valence-corrected chi connectivity index (χ0v) is 21.0. The van der Waals surface area contributed by atoms with Crippen molar-refractivity contribution in [3.05, 3.63) is 108 Å². The number of nitrogens with zero attached hydrogens (tertiary/aromatic N) is 1. The molecule has 0 bridgehead atoms. The summed E-state index contributed by atoms with van der Waals surface area (Å²) in [5.74, 6) is -0.668. The van der Waals surface area contributed by atoms with Gasteiger partial charge in [0.2, 0.25) is 12.2 Å². The monoisotopic (exact) mass is 511 g/mol. The van der Waals surface area contributed by atoms with Crippen LogP contribution in [-0.2, 0) is 27.5 Å². The van der Waals surface area contributed by atoms with Gasteiger partial charge in [-0.3, -0.25) is 14.2 Å². The number of hydrogen-bond donors (Lipinski definition) is 3. The minimum Gasteiger partial charge on any atom is -0.459 e. The van der Waals surface area contributed by atoms with E-state index < -0.39 is 12.2 Å². The summed E-state index contributed by atoms with van der Waals surface area (Å²) in [6.45, 7) is 1.75. The standard InChI is InChI=1S/C30H29N3O5/c1-19(35)33-16-24(23-6-2-5-9-27(23)33)22-14-28(30(36)32-26-8-4-3-7-25(26)31)38-29(15-22)37-18-21-12-10-20(17-34)11-13-21/h2-14,16,22,29,34H,15,17-18,31H2,1H3,(H,32,36)/t22-,29+/m0/s1. The van der Waals surface area contributed by atoms with Gasteiger partial charge in [-0.15, -0.1) is 0 Å². The molecule has 0 spiro atoms. The Balaban J connectivity index is 1.45. The SMILES string of the molecule is CC(=O)n1cc([C@H]2C=C(C(=O)Nc3ccccc3N)O[C@@H](OCc3ccc(CO)cc3)C2)c2ccccc21. The number of carbonyl (C=O) groups excluding carboxylic acids is 2. The van der Waals surface area contributed by atoms with E-state index in [2.05, 4.69) is 5.32 Å². The quantitative estimate of drug-likeness (QED) is 0.303. The third-order valence-corrected chi connectivity index (χ3v) is 6.61. The number of nitrogen functional groups attached to an aromatic ring is 1. The molecular formula is C30H29N3O5. The third kappa shape index (κ3) is 5.32. The van der Waals surface area contributed by atoms with Crippen LogP contribution in [0.15, 0.2) is 90.8 Å². The summed E-state index contributed by atoms with van der Waals surface area (Å²) in [4.78, 5) is 25.6. The average Bonchev–Trinajstić information content (AvgIpc) is 3.33. The maximum absolute atomic E-state index is 13.3. The van der Waals surface area contributed by atoms with Crippen molar-refractivity contribution in [3.63, 3.8) is 0 Å². The van der Waals surface area contributed by atoms with Gasteiger partial charge < -0.3 is 25.6 Å². The summed E-state index contributed by atoms with van der Waals surface area (Å²) < 4.78 is 13.8. The molecule has 0 saturated heterocycles. The summed E-state index contributed by atoms with van der Waals surface area (Å²) in [5, 5.41) is 13.0. The number of para-hydroxylation sites is 3. The van der Waals surface area contributed by atoms with Gasteiger partial charge in [0.25, 0.3) is 5.91 Å². The van der Waals surface area contributed by atoms with E-state index in [1.165, 1.54) is 6.92 Å². The summed E-state index contributed by atoms with van der Waals surface area (Å²) in [6.07, 6.45) is 3.34. The number of hydrogen-bond acceptors (Lipinski definition) is 6. The molecule has 38 heavy (non-hydrogen) atoms. The Hall–Kier alpha value is -4.40. The number of nitrogens with two attached hydrogens (primary N) is 1. The third-order valence-electron chi connectivity index (χ3n) is 6.61. The number of aromatic nitrogens is 1. The topological polar surface area (TPSA) is 116 Å². The van der Waals surface area contributed by atoms with Crippen LogP contribution in [0.25, 0.3) is 10.9 Å². The largest absolute Gasteiger partial charge is 0.459 e. The number of anilines is 2. The molecule has 194 valence electrons. The molecule has 0 saturated carbocycles. The van der Waals surface area contributed by atoms with Crippen molar-refractivity contribution in [1.29, 1.82) is 0 Å². The lowest BCUT2D eigenvalue weighted by Gasteiger charge is -2.29. The van der Waals surface area contributed by atoms with Crippen molar-refractivity contribution in [1.82, 2.24) is 4.57 Å². The molecule has 0 fully saturated rings. The van der Waals surface area contributed by atoms with Gasteiger partial charge in [-0.05, 0) is 41.0 Å². The fourth-order valence-electron chi connectivity index (χ4n) is 4.62. The molecule has 0 unspecified atom stereocenters. The Kier molecular flexibility index (Phi) is 7.26. The molecule has 5 rings (SSSR count). The summed E-state index contributed by atoms with van der Waals surface area (Å²) in [5.41, 5.74) is 10.4. The van der Waals surface area contributed by atoms with Crippen LogP contribution in [0.1, 0.15) is 40.7 Å². The molecule has 8 nitrogen and oxygen atoms in total. The van der Waals surface area contributed by atoms with Crippen molar-refractivity contribution >= 4 is 34.1 Å². The zero-order valence-electron chi connectivity index (χ0n) is 21.0. The van der Waals surface area contributed by atoms with Gasteiger partial charge in [-0.2, -0.15) is 0 Å². The normalized spacial score (nSPS) is 17.1. The first-order valence-electron chi connectivity index (χ1n) is 12.4. The molecule has 0 aliphatic carbocycles. The number of allylic oxidation sites excluding steroid dienone is 1. The lowest BCUT2D eigenvalue weighted by atomic mass is 9.92. The molecule has 3 aromatic carbocycles. The van der Waals surface area contributed by atoms with Gasteiger partial charge in [-0.25, -0.2) is 0 Å². The number of aliphatic hydroxyl groups is 1. The Labute approximate surface area is 220 Å². The molecule has 4 N–H and O–H groups in total. The van der Waals surface area contributed by atoms with E-state index in [4.69, 9.17) is 15.2 Å². The number of ether oxygens (including phenoxy) is 2. The second-order valence-corrected chi connectivity index (χ2v) is 9.24. The van der Waals surface area contributed by atoms with E-state index in [1.807, 2.05) is 54.7 Å². The van der Waals surface area contributed by atoms with Crippen LogP contribution >= 0.6 is 0 Å². The van der Waals surface area contributed by atoms with Crippen molar-refractivity contribution < 1.29 is 24.2 Å². The minimum atomic E-state index is -0.712. The van der Waals surface area contributed by atoms with Crippen LogP contribution in [0.2, 0.25) is 0 Å². The summed E-state index contributed by atoms with van der Waals surface area (Å²) >= 11 is 0. The highest BCUT2D eigenvalue weighted by Gasteiger charge is 2.31. The Morgan fingerprint density at radius 2 is 1.76 bits per heavy atom. The lowest BCUT2D eigenvalue weighted by molar-refractivity contribution is -0.147. The highest BCUT2D eigenvalue weighted by molar-refractivity contribution is 6.04. The maximum atomic E-state index is 13.3. The number of rotatable bonds is 7. The van der Waals surface area contributed by atoms with Gasteiger partial charge in [0.1, 0.15) is 0 Å². The van der Waals surface area contributed by atoms with Crippen LogP contribution in [0.4, 0.5) is 11.4 Å². The first-order valence-corrected chi connectivity index (χ1v) is 12.4. The first-order chi connectivity index (χ1) is 18.4. The second-order valence-electron chi connectivity index (χ2n) is 9.24. The Morgan fingerprint density at radius 1 is 1.05 bits per heavy atom. The van der Waals surface area contributed by atoms with Crippen molar-refractivity contribution in [2.45, 2.75) is 38.8 Å². The summed E-state index contributed by atoms with van der Waals surface area (Å²) in [7, 11) is 0. The molecule has 2 heterocycles. The Morgan fingerprint density at radius 3 is 2.50 bits per heavy atom. The van der Waals surface area contributed by atoms with E-state index in [9.17, 15) is 14.7 Å². The fraction of sp³-hybridized carbons (Fsp3) is 0.200. The highest BCUT2D eigenvalue weighted by Crippen LogP contribution is 2.37. The number of carbonyl (C=O) groups is 2. The van der Waals surface area contributed by atoms with E-state index >= 15 is 0 Å². The van der Waals surface area contributed by atoms with Crippen LogP contribution < -0.4 is 11.1 Å². The number of amides is 1. The predicted molar refractivity (Wildman–Crippen MR) is 145 cm³/mol. The molecule has 0 radical (unpaired) electrons. The van der Waals surface area contributed by atoms with Gasteiger partial charge in [0.05, 0.1) is 30.1 Å². The van der Waals surface area contributed by atoms with Gasteiger partial charge in [0.15, 0.2) is 5.76 Å². The highest BCUT2D eigenvalue weighted by atomic mass is 16.7. The fourth-order valence-corrected chi connectivity index (χ4v) is 4.62. The average molecular weight is 512 g/mol. The van der Waals surface area contributed by atoms with E-state index in [-0.39, 0.29) is 30.8 Å². The van der Waals surface area contributed by atoms with E-state index in [1.54, 1.807) is 34.9 Å². The predicted octanol–water partition coefficient (Wildman–Crippen LogP) is 4.95. The maximum Gasteiger partial charge on any atom is 0.290 e. The molecular weight excluding hydrogens is 482 g/mol. The smallest absolute Gasteiger partial charge is 0.290 e. The van der Waals surface area contributed by atoms with Crippen LogP contribution in [0.3, 0.4) is 0 Å². The number of fused-ring (bicyclic) bond motifs is 1. The van der Waals surface area contributed by atoms with Crippen LogP contribution in [0.5, 0.6) is 0 Å². The number of benzene rings is 3. The summed E-state index contributed by atoms with van der Waals surface area (Å²) in [6, 6.07) is 22.1. The number of nitrogens with one attached hydrogen (secondary N) is 1. The molecule has 2 atom stereocenters. The lowest BCUT2D eigenvalue weighted by Crippen LogP contribution is -2.29. The molecule has 4 aromatic rings. The van der Waals surface area contributed by atoms with E-state index in [0.717, 1.165) is 27.6 Å². The molecule has 8 heteroatoms. The molecule has 1 amide bonds. The van der Waals surface area contributed by atoms with Gasteiger partial charge >= 0.3 is 0 Å². The van der Waals surface area contributed by atoms with Gasteiger partial charge in [0, 0.05) is 30.8 Å². The molecule has 1 aromatic heterocycles. The minimum absolute atomic E-state index is 0.0301. The Bertz CT molecular complexity index is 1510. The van der Waals surface area contributed by atoms with Crippen LogP contribution in [0, 0.1) is 0 Å². The van der Waals surface area contributed by atoms with Crippen molar-refractivity contribution in [2.24, 2.45) is 0 Å². The molecule has 1 aliphatic rings. The number of aliphatic hydroxyl groups excluding tert-OH is 1. The first kappa shape index (κ1) is 25.3. The second kappa shape index (κ2) is 10.9. The van der Waals surface area contributed by atoms with Crippen molar-refractivity contribution in [2.75, 3.05) is 11.1 Å². The van der Waals surface area contributed by atoms with E-state index in [0.29, 0.717) is 17.8 Å². The van der Waals surface area contributed by atoms with Crippen molar-refractivity contribution in [3.8, 4) is 0 Å². The molecule has 1 aliphatic heterocycles. The van der Waals surface area contributed by atoms with Crippen LogP contribution in [-0.4, -0.2) is 27.8 Å². The zero-order chi connectivity index (χ0) is 26.6.